The van der Waals surface area contributed by atoms with Crippen molar-refractivity contribution in [1.29, 1.82) is 0 Å². The molecule has 30 heavy (non-hydrogen) atoms. The number of anilines is 1. The Bertz CT molecular complexity index is 1040. The molecular weight excluding hydrogens is 402 g/mol. The molecule has 3 heterocycles. The summed E-state index contributed by atoms with van der Waals surface area (Å²) in [5.41, 5.74) is 1.57. The molecule has 1 atom stereocenters. The van der Waals surface area contributed by atoms with E-state index in [9.17, 15) is 9.59 Å². The van der Waals surface area contributed by atoms with Gasteiger partial charge in [0.25, 0.3) is 0 Å². The van der Waals surface area contributed by atoms with Gasteiger partial charge in [0.1, 0.15) is 17.2 Å². The molecule has 1 aliphatic rings. The third-order valence-electron chi connectivity index (χ3n) is 4.93. The number of nitrogens with zero attached hydrogens (tertiary/aromatic N) is 2. The summed E-state index contributed by atoms with van der Waals surface area (Å²) in [5.74, 6) is 1.49. The van der Waals surface area contributed by atoms with Gasteiger partial charge in [0.2, 0.25) is 11.8 Å². The zero-order chi connectivity index (χ0) is 21.1. The summed E-state index contributed by atoms with van der Waals surface area (Å²) in [6, 6.07) is 11.0. The van der Waals surface area contributed by atoms with Crippen LogP contribution in [-0.4, -0.2) is 29.9 Å². The molecule has 3 aromatic rings. The van der Waals surface area contributed by atoms with Crippen molar-refractivity contribution in [3.63, 3.8) is 0 Å². The van der Waals surface area contributed by atoms with E-state index in [-0.39, 0.29) is 30.7 Å². The van der Waals surface area contributed by atoms with Gasteiger partial charge in [-0.05, 0) is 50.2 Å². The van der Waals surface area contributed by atoms with Crippen molar-refractivity contribution in [2.45, 2.75) is 26.8 Å². The van der Waals surface area contributed by atoms with E-state index in [0.717, 1.165) is 22.1 Å². The number of furan rings is 1. The SMILES string of the molecule is CCOc1ccc(N2C[C@@H](C(=O)NCc3ccc(-c4csc(C)n4)o3)CC2=O)cc1. The van der Waals surface area contributed by atoms with E-state index in [1.807, 2.05) is 55.6 Å². The lowest BCUT2D eigenvalue weighted by Gasteiger charge is -2.17. The number of aryl methyl sites for hydroxylation is 1. The summed E-state index contributed by atoms with van der Waals surface area (Å²) in [6.07, 6.45) is 0.195. The minimum absolute atomic E-state index is 0.0569. The molecule has 1 fully saturated rings. The van der Waals surface area contributed by atoms with E-state index in [1.54, 1.807) is 16.2 Å². The number of carbonyl (C=O) groups excluding carboxylic acids is 2. The maximum absolute atomic E-state index is 12.6. The zero-order valence-corrected chi connectivity index (χ0v) is 17.7. The molecule has 2 aromatic heterocycles. The van der Waals surface area contributed by atoms with Crippen molar-refractivity contribution in [3.05, 3.63) is 52.5 Å². The molecule has 1 saturated heterocycles. The molecule has 2 amide bonds. The summed E-state index contributed by atoms with van der Waals surface area (Å²) >= 11 is 1.56. The Hall–Kier alpha value is -3.13. The maximum Gasteiger partial charge on any atom is 0.227 e. The molecule has 0 saturated carbocycles. The molecular formula is C22H23N3O4S. The molecule has 1 N–H and O–H groups in total. The second-order valence-electron chi connectivity index (χ2n) is 7.07. The first kappa shape index (κ1) is 20.2. The number of hydrogen-bond donors (Lipinski definition) is 1. The summed E-state index contributed by atoms with van der Waals surface area (Å²) in [7, 11) is 0. The van der Waals surface area contributed by atoms with Crippen LogP contribution in [0.25, 0.3) is 11.5 Å². The Kier molecular flexibility index (Phi) is 5.85. The van der Waals surface area contributed by atoms with E-state index in [0.29, 0.717) is 24.7 Å². The number of carbonyl (C=O) groups is 2. The zero-order valence-electron chi connectivity index (χ0n) is 16.9. The van der Waals surface area contributed by atoms with Crippen molar-refractivity contribution in [3.8, 4) is 17.2 Å². The fourth-order valence-electron chi connectivity index (χ4n) is 3.43. The van der Waals surface area contributed by atoms with Gasteiger partial charge in [0.05, 0.1) is 24.1 Å². The molecule has 0 radical (unpaired) electrons. The first-order valence-corrected chi connectivity index (χ1v) is 10.7. The summed E-state index contributed by atoms with van der Waals surface area (Å²) < 4.78 is 11.2. The van der Waals surface area contributed by atoms with Crippen molar-refractivity contribution < 1.29 is 18.7 Å². The van der Waals surface area contributed by atoms with Gasteiger partial charge >= 0.3 is 0 Å². The van der Waals surface area contributed by atoms with Crippen LogP contribution in [0.15, 0.2) is 46.2 Å². The Labute approximate surface area is 178 Å². The smallest absolute Gasteiger partial charge is 0.227 e. The summed E-state index contributed by atoms with van der Waals surface area (Å²) in [6.45, 7) is 5.09. The van der Waals surface area contributed by atoms with Gasteiger partial charge in [-0.1, -0.05) is 0 Å². The molecule has 8 heteroatoms. The minimum atomic E-state index is -0.389. The number of rotatable bonds is 7. The normalized spacial score (nSPS) is 16.1. The van der Waals surface area contributed by atoms with Crippen molar-refractivity contribution in [2.24, 2.45) is 5.92 Å². The average Bonchev–Trinajstić information content (AvgIpc) is 3.47. The number of amides is 2. The Morgan fingerprint density at radius 2 is 2.10 bits per heavy atom. The number of nitrogens with one attached hydrogen (secondary N) is 1. The van der Waals surface area contributed by atoms with Gasteiger partial charge in [-0.25, -0.2) is 4.98 Å². The number of hydrogen-bond acceptors (Lipinski definition) is 6. The van der Waals surface area contributed by atoms with E-state index in [4.69, 9.17) is 9.15 Å². The van der Waals surface area contributed by atoms with Crippen LogP contribution in [0.3, 0.4) is 0 Å². The van der Waals surface area contributed by atoms with Crippen LogP contribution < -0.4 is 15.0 Å². The van der Waals surface area contributed by atoms with Crippen molar-refractivity contribution in [2.75, 3.05) is 18.1 Å². The van der Waals surface area contributed by atoms with E-state index in [1.165, 1.54) is 0 Å². The molecule has 1 aromatic carbocycles. The highest BCUT2D eigenvalue weighted by atomic mass is 32.1. The van der Waals surface area contributed by atoms with Crippen molar-refractivity contribution in [1.82, 2.24) is 10.3 Å². The number of thiazole rings is 1. The molecule has 0 spiro atoms. The fourth-order valence-corrected chi connectivity index (χ4v) is 4.03. The first-order valence-electron chi connectivity index (χ1n) is 9.85. The Balaban J connectivity index is 1.33. The van der Waals surface area contributed by atoms with Gasteiger partial charge in [-0.3, -0.25) is 9.59 Å². The van der Waals surface area contributed by atoms with E-state index in [2.05, 4.69) is 10.3 Å². The number of aromatic nitrogens is 1. The van der Waals surface area contributed by atoms with Gasteiger partial charge in [0.15, 0.2) is 5.76 Å². The lowest BCUT2D eigenvalue weighted by Crippen LogP contribution is -2.32. The molecule has 7 nitrogen and oxygen atoms in total. The second kappa shape index (κ2) is 8.71. The third kappa shape index (κ3) is 4.38. The van der Waals surface area contributed by atoms with Crippen LogP contribution in [0.1, 0.15) is 24.1 Å². The molecule has 0 bridgehead atoms. The molecule has 156 valence electrons. The second-order valence-corrected chi connectivity index (χ2v) is 8.13. The van der Waals surface area contributed by atoms with Crippen molar-refractivity contribution >= 4 is 28.8 Å². The van der Waals surface area contributed by atoms with Gasteiger partial charge in [-0.15, -0.1) is 11.3 Å². The Morgan fingerprint density at radius 3 is 2.80 bits per heavy atom. The Morgan fingerprint density at radius 1 is 1.30 bits per heavy atom. The quantitative estimate of drug-likeness (QED) is 0.623. The lowest BCUT2D eigenvalue weighted by molar-refractivity contribution is -0.126. The highest BCUT2D eigenvalue weighted by Crippen LogP contribution is 2.27. The molecule has 0 aliphatic carbocycles. The van der Waals surface area contributed by atoms with Crippen LogP contribution in [0.2, 0.25) is 0 Å². The van der Waals surface area contributed by atoms with Crippen LogP contribution in [0, 0.1) is 12.8 Å². The standard InChI is InChI=1S/C22H23N3O4S/c1-3-28-17-6-4-16(5-7-17)25-12-15(10-21(25)26)22(27)23-11-18-8-9-20(29-18)19-13-30-14(2)24-19/h4-9,13,15H,3,10-12H2,1-2H3,(H,23,27)/t15-/m0/s1. The largest absolute Gasteiger partial charge is 0.494 e. The van der Waals surface area contributed by atoms with Gasteiger partial charge in [-0.2, -0.15) is 0 Å². The van der Waals surface area contributed by atoms with Crippen LogP contribution >= 0.6 is 11.3 Å². The average molecular weight is 426 g/mol. The highest BCUT2D eigenvalue weighted by Gasteiger charge is 2.35. The lowest BCUT2D eigenvalue weighted by atomic mass is 10.1. The van der Waals surface area contributed by atoms with Crippen LogP contribution in [-0.2, 0) is 16.1 Å². The summed E-state index contributed by atoms with van der Waals surface area (Å²) in [4.78, 5) is 31.1. The fraction of sp³-hybridized carbons (Fsp3) is 0.318. The molecule has 0 unspecified atom stereocenters. The van der Waals surface area contributed by atoms with Gasteiger partial charge in [0, 0.05) is 24.0 Å². The van der Waals surface area contributed by atoms with Crippen LogP contribution in [0.5, 0.6) is 5.75 Å². The van der Waals surface area contributed by atoms with E-state index < -0.39 is 0 Å². The number of benzene rings is 1. The predicted molar refractivity (Wildman–Crippen MR) is 114 cm³/mol. The minimum Gasteiger partial charge on any atom is -0.494 e. The molecule has 4 rings (SSSR count). The number of ether oxygens (including phenoxy) is 1. The maximum atomic E-state index is 12.6. The third-order valence-corrected chi connectivity index (χ3v) is 5.70. The monoisotopic (exact) mass is 425 g/mol. The van der Waals surface area contributed by atoms with Gasteiger partial charge < -0.3 is 19.4 Å². The topological polar surface area (TPSA) is 84.7 Å². The summed E-state index contributed by atoms with van der Waals surface area (Å²) in [5, 5.41) is 5.79. The molecule has 1 aliphatic heterocycles. The first-order chi connectivity index (χ1) is 14.5. The predicted octanol–water partition coefficient (Wildman–Crippen LogP) is 3.78. The highest BCUT2D eigenvalue weighted by molar-refractivity contribution is 7.09. The van der Waals surface area contributed by atoms with Crippen LogP contribution in [0.4, 0.5) is 5.69 Å². The van der Waals surface area contributed by atoms with E-state index >= 15 is 0 Å².